The zero-order chi connectivity index (χ0) is 19.5. The Bertz CT molecular complexity index is 892. The van der Waals surface area contributed by atoms with Crippen LogP contribution in [0.2, 0.25) is 0 Å². The van der Waals surface area contributed by atoms with Crippen LogP contribution in [0.1, 0.15) is 56.1 Å². The van der Waals surface area contributed by atoms with Crippen molar-refractivity contribution in [1.29, 1.82) is 0 Å². The van der Waals surface area contributed by atoms with E-state index >= 15 is 0 Å². The van der Waals surface area contributed by atoms with Crippen LogP contribution < -0.4 is 10.6 Å². The first kappa shape index (κ1) is 19.3. The summed E-state index contributed by atoms with van der Waals surface area (Å²) in [5.74, 6) is 0.963. The van der Waals surface area contributed by atoms with Gasteiger partial charge in [0, 0.05) is 23.9 Å². The molecule has 1 atom stereocenters. The predicted octanol–water partition coefficient (Wildman–Crippen LogP) is 5.00. The van der Waals surface area contributed by atoms with Crippen LogP contribution in [0.25, 0.3) is 10.8 Å². The van der Waals surface area contributed by atoms with E-state index in [9.17, 15) is 9.59 Å². The molecule has 0 bridgehead atoms. The van der Waals surface area contributed by atoms with Crippen LogP contribution in [0.3, 0.4) is 0 Å². The highest BCUT2D eigenvalue weighted by Gasteiger charge is 2.30. The molecule has 2 aliphatic rings. The summed E-state index contributed by atoms with van der Waals surface area (Å²) < 4.78 is 0. The van der Waals surface area contributed by atoms with Crippen molar-refractivity contribution in [2.45, 2.75) is 56.3 Å². The van der Waals surface area contributed by atoms with Gasteiger partial charge in [-0.2, -0.15) is 0 Å². The van der Waals surface area contributed by atoms with E-state index in [1.807, 2.05) is 0 Å². The third-order valence-corrected chi connectivity index (χ3v) is 6.72. The van der Waals surface area contributed by atoms with Crippen LogP contribution in [0.5, 0.6) is 0 Å². The molecule has 2 aromatic carbocycles. The number of aryl methyl sites for hydroxylation is 1. The van der Waals surface area contributed by atoms with Crippen LogP contribution in [0, 0.1) is 5.92 Å². The number of amides is 2. The number of carbonyl (C=O) groups is 2. The van der Waals surface area contributed by atoms with E-state index in [0.29, 0.717) is 12.5 Å². The van der Waals surface area contributed by atoms with E-state index in [2.05, 4.69) is 47.9 Å². The zero-order valence-electron chi connectivity index (χ0n) is 16.4. The molecule has 1 saturated carbocycles. The Balaban J connectivity index is 1.53. The smallest absolute Gasteiger partial charge is 0.283 e. The number of thioether (sulfide) groups is 1. The molecule has 0 aliphatic heterocycles. The molecular weight excluding hydrogens is 368 g/mol. The molecule has 0 aromatic heterocycles. The maximum absolute atomic E-state index is 12.2. The second kappa shape index (κ2) is 8.56. The van der Waals surface area contributed by atoms with Crippen LogP contribution in [0.15, 0.2) is 35.2 Å². The van der Waals surface area contributed by atoms with Crippen molar-refractivity contribution in [2.24, 2.45) is 5.92 Å². The third-order valence-electron chi connectivity index (χ3n) is 5.79. The number of rotatable bonds is 7. The number of carbonyl (C=O) groups excluding carboxylic acids is 2. The quantitative estimate of drug-likeness (QED) is 0.648. The predicted molar refractivity (Wildman–Crippen MR) is 115 cm³/mol. The average Bonchev–Trinajstić information content (AvgIpc) is 3.55. The summed E-state index contributed by atoms with van der Waals surface area (Å²) in [7, 11) is 0. The fourth-order valence-electron chi connectivity index (χ4n) is 4.15. The number of benzene rings is 2. The summed E-state index contributed by atoms with van der Waals surface area (Å²) in [5, 5.41) is 8.66. The summed E-state index contributed by atoms with van der Waals surface area (Å²) in [4.78, 5) is 25.2. The molecular formula is C23H28N2O2S. The van der Waals surface area contributed by atoms with Crippen molar-refractivity contribution >= 4 is 33.7 Å². The van der Waals surface area contributed by atoms with Crippen molar-refractivity contribution in [3.05, 3.63) is 41.5 Å². The molecule has 28 heavy (non-hydrogen) atoms. The molecule has 2 aliphatic carbocycles. The van der Waals surface area contributed by atoms with Gasteiger partial charge in [0.15, 0.2) is 0 Å². The molecule has 0 spiro atoms. The number of hydrogen-bond acceptors (Lipinski definition) is 3. The molecule has 2 aromatic rings. The number of hydrogen-bond donors (Lipinski definition) is 2. The summed E-state index contributed by atoms with van der Waals surface area (Å²) in [6, 6.07) is 10.7. The van der Waals surface area contributed by atoms with Crippen molar-refractivity contribution in [1.82, 2.24) is 10.6 Å². The van der Waals surface area contributed by atoms with Gasteiger partial charge >= 0.3 is 0 Å². The van der Waals surface area contributed by atoms with Crippen molar-refractivity contribution in [2.75, 3.05) is 13.1 Å². The largest absolute Gasteiger partial charge is 0.356 e. The van der Waals surface area contributed by atoms with Crippen molar-refractivity contribution in [3.63, 3.8) is 0 Å². The van der Waals surface area contributed by atoms with E-state index in [4.69, 9.17) is 0 Å². The molecule has 0 radical (unpaired) electrons. The number of nitrogens with one attached hydrogen (secondary N) is 2. The lowest BCUT2D eigenvalue weighted by molar-refractivity contribution is -0.122. The molecule has 5 heteroatoms. The fourth-order valence-corrected chi connectivity index (χ4v) is 4.98. The minimum atomic E-state index is 0.0276. The topological polar surface area (TPSA) is 58.2 Å². The van der Waals surface area contributed by atoms with E-state index in [0.717, 1.165) is 50.0 Å². The van der Waals surface area contributed by atoms with Gasteiger partial charge in [0.25, 0.3) is 5.24 Å². The molecule has 0 heterocycles. The molecule has 0 saturated heterocycles. The minimum absolute atomic E-state index is 0.0276. The minimum Gasteiger partial charge on any atom is -0.356 e. The SMILES string of the molecule is CCCNC(=O)Sc1ccc2cccc3c2c1CCC3CCNC(=O)C1CC1. The second-order valence-electron chi connectivity index (χ2n) is 7.89. The molecule has 1 fully saturated rings. The molecule has 148 valence electrons. The molecule has 4 nitrogen and oxygen atoms in total. The maximum atomic E-state index is 12.2. The van der Waals surface area contributed by atoms with Gasteiger partial charge in [-0.3, -0.25) is 9.59 Å². The van der Waals surface area contributed by atoms with Gasteiger partial charge < -0.3 is 10.6 Å². The summed E-state index contributed by atoms with van der Waals surface area (Å²) in [5.41, 5.74) is 2.68. The fraction of sp³-hybridized carbons (Fsp3) is 0.478. The highest BCUT2D eigenvalue weighted by atomic mass is 32.2. The van der Waals surface area contributed by atoms with Gasteiger partial charge in [0.05, 0.1) is 0 Å². The Labute approximate surface area is 170 Å². The standard InChI is InChI=1S/C23H28N2O2S/c1-2-13-25-23(27)28-20-11-9-16-4-3-5-18-15(8-10-19(20)21(16)18)12-14-24-22(26)17-6-7-17/h3-5,9,11,15,17H,2,6-8,10,12-14H2,1H3,(H,24,26)(H,25,27). The lowest BCUT2D eigenvalue weighted by Gasteiger charge is -2.27. The lowest BCUT2D eigenvalue weighted by Crippen LogP contribution is -2.27. The molecule has 1 unspecified atom stereocenters. The van der Waals surface area contributed by atoms with Gasteiger partial charge in [-0.15, -0.1) is 0 Å². The van der Waals surface area contributed by atoms with Gasteiger partial charge in [0.1, 0.15) is 0 Å². The van der Waals surface area contributed by atoms with Crippen molar-refractivity contribution < 1.29 is 9.59 Å². The van der Waals surface area contributed by atoms with Gasteiger partial charge in [-0.05, 0) is 84.2 Å². The van der Waals surface area contributed by atoms with Gasteiger partial charge in [-0.1, -0.05) is 31.2 Å². The van der Waals surface area contributed by atoms with E-state index in [-0.39, 0.29) is 17.1 Å². The first-order chi connectivity index (χ1) is 13.7. The van der Waals surface area contributed by atoms with E-state index in [1.165, 1.54) is 33.7 Å². The van der Waals surface area contributed by atoms with E-state index in [1.54, 1.807) is 0 Å². The Hall–Kier alpha value is -2.01. The third kappa shape index (κ3) is 4.19. The molecule has 4 rings (SSSR count). The van der Waals surface area contributed by atoms with Crippen LogP contribution in [0.4, 0.5) is 4.79 Å². The summed E-state index contributed by atoms with van der Waals surface area (Å²) in [6.07, 6.45) is 6.08. The van der Waals surface area contributed by atoms with Gasteiger partial charge in [-0.25, -0.2) is 0 Å². The normalized spacial score (nSPS) is 18.1. The Morgan fingerprint density at radius 2 is 1.93 bits per heavy atom. The molecule has 2 N–H and O–H groups in total. The Morgan fingerprint density at radius 3 is 2.71 bits per heavy atom. The molecule has 2 amide bonds. The Morgan fingerprint density at radius 1 is 1.07 bits per heavy atom. The average molecular weight is 397 g/mol. The second-order valence-corrected chi connectivity index (χ2v) is 8.91. The summed E-state index contributed by atoms with van der Waals surface area (Å²) >= 11 is 1.32. The van der Waals surface area contributed by atoms with Crippen molar-refractivity contribution in [3.8, 4) is 0 Å². The highest BCUT2D eigenvalue weighted by Crippen LogP contribution is 2.42. The first-order valence-corrected chi connectivity index (χ1v) is 11.3. The lowest BCUT2D eigenvalue weighted by atomic mass is 9.80. The highest BCUT2D eigenvalue weighted by molar-refractivity contribution is 8.13. The van der Waals surface area contributed by atoms with Crippen LogP contribution >= 0.6 is 11.8 Å². The Kier molecular flexibility index (Phi) is 5.90. The van der Waals surface area contributed by atoms with Crippen LogP contribution in [-0.4, -0.2) is 24.2 Å². The summed E-state index contributed by atoms with van der Waals surface area (Å²) in [6.45, 7) is 3.53. The monoisotopic (exact) mass is 396 g/mol. The van der Waals surface area contributed by atoms with Crippen LogP contribution in [-0.2, 0) is 11.2 Å². The van der Waals surface area contributed by atoms with E-state index < -0.39 is 0 Å². The zero-order valence-corrected chi connectivity index (χ0v) is 17.2. The first-order valence-electron chi connectivity index (χ1n) is 10.4. The van der Waals surface area contributed by atoms with Gasteiger partial charge in [0.2, 0.25) is 5.91 Å². The maximum Gasteiger partial charge on any atom is 0.283 e.